The summed E-state index contributed by atoms with van der Waals surface area (Å²) in [6.45, 7) is 0. The molecule has 1 aliphatic carbocycles. The highest BCUT2D eigenvalue weighted by Crippen LogP contribution is 2.35. The largest absolute Gasteiger partial charge is 0.395 e. The van der Waals surface area contributed by atoms with Crippen LogP contribution in [0.2, 0.25) is 0 Å². The Balaban J connectivity index is 1.44. The summed E-state index contributed by atoms with van der Waals surface area (Å²) in [4.78, 5) is 38.2. The molecule has 0 bridgehead atoms. The minimum Gasteiger partial charge on any atom is -0.395 e. The fourth-order valence-corrected chi connectivity index (χ4v) is 3.94. The minimum absolute atomic E-state index is 0.0745. The van der Waals surface area contributed by atoms with E-state index in [4.69, 9.17) is 5.73 Å². The predicted octanol–water partition coefficient (Wildman–Crippen LogP) is 4.81. The smallest absolute Gasteiger partial charge is 0.323 e. The summed E-state index contributed by atoms with van der Waals surface area (Å²) >= 11 is 1.10. The number of hydrogen-bond acceptors (Lipinski definition) is 5. The fraction of sp³-hybridized carbons (Fsp3) is 0. The molecule has 3 aromatic rings. The fourth-order valence-electron chi connectivity index (χ4n) is 3.02. The van der Waals surface area contributed by atoms with Gasteiger partial charge in [-0.05, 0) is 48.5 Å². The van der Waals surface area contributed by atoms with Crippen molar-refractivity contribution in [2.24, 2.45) is 5.73 Å². The van der Waals surface area contributed by atoms with Crippen molar-refractivity contribution in [3.63, 3.8) is 0 Å². The lowest BCUT2D eigenvalue weighted by molar-refractivity contribution is 0.0980. The molecule has 3 aromatic carbocycles. The number of fused-ring (bicyclic) bond motifs is 1. The van der Waals surface area contributed by atoms with Crippen molar-refractivity contribution in [1.82, 2.24) is 0 Å². The zero-order chi connectivity index (χ0) is 22.0. The normalized spacial score (nSPS) is 13.1. The van der Waals surface area contributed by atoms with Crippen molar-refractivity contribution in [2.45, 2.75) is 4.90 Å². The number of nitrogens with two attached hydrogens (primary N) is 1. The number of benzene rings is 3. The summed E-state index contributed by atoms with van der Waals surface area (Å²) in [5.41, 5.74) is 7.49. The van der Waals surface area contributed by atoms with E-state index in [2.05, 4.69) is 10.6 Å². The molecule has 4 N–H and O–H groups in total. The number of amides is 2. The van der Waals surface area contributed by atoms with E-state index in [9.17, 15) is 18.8 Å². The van der Waals surface area contributed by atoms with E-state index < -0.39 is 11.8 Å². The molecule has 8 heteroatoms. The lowest BCUT2D eigenvalue weighted by Crippen LogP contribution is -2.25. The predicted molar refractivity (Wildman–Crippen MR) is 118 cm³/mol. The second kappa shape index (κ2) is 8.45. The van der Waals surface area contributed by atoms with Crippen LogP contribution in [0.4, 0.5) is 20.6 Å². The van der Waals surface area contributed by atoms with E-state index in [-0.39, 0.29) is 22.2 Å². The quantitative estimate of drug-likeness (QED) is 0.548. The molecule has 0 radical (unpaired) electrons. The van der Waals surface area contributed by atoms with Gasteiger partial charge in [-0.2, -0.15) is 0 Å². The van der Waals surface area contributed by atoms with E-state index in [1.54, 1.807) is 48.5 Å². The Kier molecular flexibility index (Phi) is 5.55. The van der Waals surface area contributed by atoms with Crippen molar-refractivity contribution in [2.75, 3.05) is 10.6 Å². The van der Waals surface area contributed by atoms with Crippen LogP contribution in [0.3, 0.4) is 0 Å². The molecule has 6 nitrogen and oxygen atoms in total. The molecule has 31 heavy (non-hydrogen) atoms. The molecule has 0 atom stereocenters. The molecule has 0 aromatic heterocycles. The van der Waals surface area contributed by atoms with E-state index >= 15 is 0 Å². The van der Waals surface area contributed by atoms with Crippen molar-refractivity contribution in [1.29, 1.82) is 0 Å². The van der Waals surface area contributed by atoms with E-state index in [1.807, 2.05) is 0 Å². The maximum atomic E-state index is 12.9. The molecule has 0 saturated heterocycles. The minimum atomic E-state index is -0.483. The highest BCUT2D eigenvalue weighted by atomic mass is 32.2. The number of halogens is 1. The van der Waals surface area contributed by atoms with Gasteiger partial charge in [0, 0.05) is 27.4 Å². The van der Waals surface area contributed by atoms with Crippen molar-refractivity contribution < 1.29 is 18.8 Å². The molecule has 154 valence electrons. The standard InChI is InChI=1S/C23H16FN3O3S/c24-13-5-7-14(8-6-13)26-23(30)27-15-9-11-16(12-10-15)31-22-19(25)20(28)17-3-1-2-4-18(17)21(22)29/h1-12H,25H2,(H2,26,27,30). The zero-order valence-corrected chi connectivity index (χ0v) is 16.8. The van der Waals surface area contributed by atoms with Gasteiger partial charge in [0.05, 0.1) is 10.6 Å². The van der Waals surface area contributed by atoms with E-state index in [0.29, 0.717) is 27.4 Å². The third-order valence-electron chi connectivity index (χ3n) is 4.55. The molecular weight excluding hydrogens is 417 g/mol. The number of carbonyl (C=O) groups is 3. The van der Waals surface area contributed by atoms with Gasteiger partial charge < -0.3 is 16.4 Å². The van der Waals surface area contributed by atoms with Gasteiger partial charge in [-0.25, -0.2) is 9.18 Å². The van der Waals surface area contributed by atoms with Gasteiger partial charge in [-0.15, -0.1) is 0 Å². The summed E-state index contributed by atoms with van der Waals surface area (Å²) in [6, 6.07) is 18.2. The lowest BCUT2D eigenvalue weighted by Gasteiger charge is -2.18. The topological polar surface area (TPSA) is 101 Å². The van der Waals surface area contributed by atoms with Crippen LogP contribution in [0.25, 0.3) is 0 Å². The SMILES string of the molecule is NC1=C(Sc2ccc(NC(=O)Nc3ccc(F)cc3)cc2)C(=O)c2ccccc2C1=O. The molecule has 0 spiro atoms. The summed E-state index contributed by atoms with van der Waals surface area (Å²) in [5, 5.41) is 5.26. The Bertz CT molecular complexity index is 1220. The third-order valence-corrected chi connectivity index (χ3v) is 5.66. The second-order valence-corrected chi connectivity index (χ2v) is 7.74. The number of hydrogen-bond donors (Lipinski definition) is 3. The van der Waals surface area contributed by atoms with Gasteiger partial charge >= 0.3 is 6.03 Å². The maximum absolute atomic E-state index is 12.9. The average Bonchev–Trinajstić information content (AvgIpc) is 2.78. The Morgan fingerprint density at radius 2 is 1.29 bits per heavy atom. The Hall–Kier alpha value is -3.91. The van der Waals surface area contributed by atoms with E-state index in [1.165, 1.54) is 24.3 Å². The second-order valence-electron chi connectivity index (χ2n) is 6.66. The van der Waals surface area contributed by atoms with Crippen LogP contribution in [0.1, 0.15) is 20.7 Å². The number of allylic oxidation sites excluding steroid dienone is 2. The summed E-state index contributed by atoms with van der Waals surface area (Å²) in [5.74, 6) is -1.05. The Morgan fingerprint density at radius 1 is 0.774 bits per heavy atom. The van der Waals surface area contributed by atoms with Crippen LogP contribution >= 0.6 is 11.8 Å². The molecule has 2 amide bonds. The third kappa shape index (κ3) is 4.34. The summed E-state index contributed by atoms with van der Waals surface area (Å²) < 4.78 is 12.9. The van der Waals surface area contributed by atoms with Crippen LogP contribution in [0.15, 0.2) is 88.3 Å². The summed E-state index contributed by atoms with van der Waals surface area (Å²) in [7, 11) is 0. The number of anilines is 2. The van der Waals surface area contributed by atoms with Crippen molar-refractivity contribution in [3.05, 3.63) is 100 Å². The van der Waals surface area contributed by atoms with Crippen LogP contribution in [0.5, 0.6) is 0 Å². The number of nitrogens with one attached hydrogen (secondary N) is 2. The molecule has 0 unspecified atom stereocenters. The highest BCUT2D eigenvalue weighted by Gasteiger charge is 2.31. The first-order valence-corrected chi connectivity index (χ1v) is 10.0. The van der Waals surface area contributed by atoms with Gasteiger partial charge in [-0.3, -0.25) is 9.59 Å². The van der Waals surface area contributed by atoms with Gasteiger partial charge in [0.25, 0.3) is 0 Å². The molecule has 0 saturated carbocycles. The number of carbonyl (C=O) groups excluding carboxylic acids is 3. The van der Waals surface area contributed by atoms with Crippen LogP contribution in [0, 0.1) is 5.82 Å². The van der Waals surface area contributed by atoms with Gasteiger partial charge in [0.15, 0.2) is 0 Å². The van der Waals surface area contributed by atoms with Gasteiger partial charge in [-0.1, -0.05) is 36.0 Å². The summed E-state index contributed by atoms with van der Waals surface area (Å²) in [6.07, 6.45) is 0. The average molecular weight is 433 g/mol. The van der Waals surface area contributed by atoms with Gasteiger partial charge in [0.2, 0.25) is 11.6 Å². The number of rotatable bonds is 4. The number of ketones is 2. The first kappa shape index (κ1) is 20.4. The van der Waals surface area contributed by atoms with Crippen molar-refractivity contribution >= 4 is 40.7 Å². The highest BCUT2D eigenvalue weighted by molar-refractivity contribution is 8.04. The van der Waals surface area contributed by atoms with Crippen LogP contribution < -0.4 is 16.4 Å². The first-order valence-electron chi connectivity index (χ1n) is 9.22. The Morgan fingerprint density at radius 3 is 1.87 bits per heavy atom. The molecule has 4 rings (SSSR count). The number of urea groups is 1. The van der Waals surface area contributed by atoms with Crippen molar-refractivity contribution in [3.8, 4) is 0 Å². The monoisotopic (exact) mass is 433 g/mol. The number of thioether (sulfide) groups is 1. The molecule has 0 heterocycles. The lowest BCUT2D eigenvalue weighted by atomic mass is 9.93. The molecule has 0 fully saturated rings. The van der Waals surface area contributed by atoms with Crippen LogP contribution in [-0.2, 0) is 0 Å². The first-order chi connectivity index (χ1) is 14.9. The number of Topliss-reactive ketones (excluding diaryl/α,β-unsaturated/α-hetero) is 2. The van der Waals surface area contributed by atoms with E-state index in [0.717, 1.165) is 11.8 Å². The molecule has 0 aliphatic heterocycles. The van der Waals surface area contributed by atoms with Gasteiger partial charge in [0.1, 0.15) is 5.82 Å². The maximum Gasteiger partial charge on any atom is 0.323 e. The Labute approximate surface area is 181 Å². The molecule has 1 aliphatic rings. The molecular formula is C23H16FN3O3S. The zero-order valence-electron chi connectivity index (χ0n) is 16.0. The van der Waals surface area contributed by atoms with Crippen LogP contribution in [-0.4, -0.2) is 17.6 Å².